The first-order chi connectivity index (χ1) is 8.01. The van der Waals surface area contributed by atoms with Gasteiger partial charge in [0.1, 0.15) is 5.82 Å². The number of nitrogens with one attached hydrogen (secondary N) is 1. The van der Waals surface area contributed by atoms with Gasteiger partial charge in [0.25, 0.3) is 0 Å². The number of pyridine rings is 1. The van der Waals surface area contributed by atoms with Crippen LogP contribution in [0.25, 0.3) is 0 Å². The highest BCUT2D eigenvalue weighted by atomic mass is 16.3. The number of aliphatic hydroxyl groups excluding tert-OH is 1. The van der Waals surface area contributed by atoms with Gasteiger partial charge in [0.15, 0.2) is 0 Å². The van der Waals surface area contributed by atoms with Crippen molar-refractivity contribution in [3.8, 4) is 0 Å². The number of rotatable bonds is 6. The molecule has 96 valence electrons. The molecule has 0 spiro atoms. The molecule has 2 N–H and O–H groups in total. The Morgan fingerprint density at radius 2 is 2.18 bits per heavy atom. The largest absolute Gasteiger partial charge is 0.394 e. The standard InChI is InChI=1S/C13H23N3O/c1-5-7-14-12-9-11(6-8-15-12)16(4)13(2,3)10-17/h6,8-9,17H,5,7,10H2,1-4H3,(H,14,15). The van der Waals surface area contributed by atoms with Crippen molar-refractivity contribution in [3.05, 3.63) is 18.3 Å². The van der Waals surface area contributed by atoms with E-state index in [1.54, 1.807) is 6.20 Å². The molecule has 0 fully saturated rings. The highest BCUT2D eigenvalue weighted by Gasteiger charge is 2.22. The second-order valence-corrected chi connectivity index (χ2v) is 4.86. The van der Waals surface area contributed by atoms with Crippen LogP contribution in [0.15, 0.2) is 18.3 Å². The van der Waals surface area contributed by atoms with Gasteiger partial charge in [-0.05, 0) is 26.3 Å². The summed E-state index contributed by atoms with van der Waals surface area (Å²) in [6, 6.07) is 3.96. The summed E-state index contributed by atoms with van der Waals surface area (Å²) in [6.45, 7) is 7.17. The molecule has 17 heavy (non-hydrogen) atoms. The minimum absolute atomic E-state index is 0.115. The van der Waals surface area contributed by atoms with E-state index in [1.165, 1.54) is 0 Å². The Hall–Kier alpha value is -1.29. The van der Waals surface area contributed by atoms with Gasteiger partial charge in [-0.1, -0.05) is 6.92 Å². The molecule has 1 heterocycles. The molecule has 0 unspecified atom stereocenters. The normalized spacial score (nSPS) is 11.4. The van der Waals surface area contributed by atoms with Crippen LogP contribution in [0.4, 0.5) is 11.5 Å². The summed E-state index contributed by atoms with van der Waals surface area (Å²) >= 11 is 0. The molecule has 1 aromatic rings. The average molecular weight is 237 g/mol. The molecule has 4 nitrogen and oxygen atoms in total. The van der Waals surface area contributed by atoms with Crippen molar-refractivity contribution in [1.29, 1.82) is 0 Å². The summed E-state index contributed by atoms with van der Waals surface area (Å²) in [6.07, 6.45) is 2.86. The van der Waals surface area contributed by atoms with Gasteiger partial charge >= 0.3 is 0 Å². The van der Waals surface area contributed by atoms with E-state index in [4.69, 9.17) is 0 Å². The fraction of sp³-hybridized carbons (Fsp3) is 0.615. The first-order valence-electron chi connectivity index (χ1n) is 6.06. The topological polar surface area (TPSA) is 48.4 Å². The first kappa shape index (κ1) is 13.8. The van der Waals surface area contributed by atoms with Crippen molar-refractivity contribution in [3.63, 3.8) is 0 Å². The fourth-order valence-electron chi connectivity index (χ4n) is 1.43. The van der Waals surface area contributed by atoms with Crippen LogP contribution in [0.2, 0.25) is 0 Å². The summed E-state index contributed by atoms with van der Waals surface area (Å²) in [7, 11) is 1.98. The second-order valence-electron chi connectivity index (χ2n) is 4.86. The van der Waals surface area contributed by atoms with Gasteiger partial charge in [0.05, 0.1) is 12.1 Å². The van der Waals surface area contributed by atoms with E-state index in [9.17, 15) is 5.11 Å². The highest BCUT2D eigenvalue weighted by Crippen LogP contribution is 2.23. The van der Waals surface area contributed by atoms with Crippen LogP contribution < -0.4 is 10.2 Å². The molecule has 1 rings (SSSR count). The summed E-state index contributed by atoms with van der Waals surface area (Å²) in [4.78, 5) is 6.33. The van der Waals surface area contributed by atoms with Gasteiger partial charge in [0.2, 0.25) is 0 Å². The maximum atomic E-state index is 9.36. The molecular weight excluding hydrogens is 214 g/mol. The van der Waals surface area contributed by atoms with Crippen LogP contribution in [-0.2, 0) is 0 Å². The molecule has 0 aromatic carbocycles. The summed E-state index contributed by atoms with van der Waals surface area (Å²) in [5.41, 5.74) is 0.779. The predicted octanol–water partition coefficient (Wildman–Crippen LogP) is 2.11. The maximum Gasteiger partial charge on any atom is 0.127 e. The van der Waals surface area contributed by atoms with Gasteiger partial charge in [-0.2, -0.15) is 0 Å². The molecule has 0 saturated carbocycles. The Morgan fingerprint density at radius 1 is 1.47 bits per heavy atom. The lowest BCUT2D eigenvalue weighted by Crippen LogP contribution is -2.44. The van der Waals surface area contributed by atoms with Gasteiger partial charge in [0, 0.05) is 31.5 Å². The summed E-state index contributed by atoms with van der Waals surface area (Å²) in [5.74, 6) is 0.880. The molecule has 0 radical (unpaired) electrons. The summed E-state index contributed by atoms with van der Waals surface area (Å²) < 4.78 is 0. The molecule has 0 aliphatic carbocycles. The van der Waals surface area contributed by atoms with E-state index >= 15 is 0 Å². The highest BCUT2D eigenvalue weighted by molar-refractivity contribution is 5.54. The molecule has 0 bridgehead atoms. The lowest BCUT2D eigenvalue weighted by atomic mass is 10.0. The Bertz CT molecular complexity index is 352. The molecule has 0 saturated heterocycles. The van der Waals surface area contributed by atoms with Crippen molar-refractivity contribution in [2.75, 3.05) is 30.4 Å². The Balaban J connectivity index is 2.84. The van der Waals surface area contributed by atoms with Crippen molar-refractivity contribution in [2.24, 2.45) is 0 Å². The molecule has 4 heteroatoms. The molecule has 0 amide bonds. The van der Waals surface area contributed by atoms with Crippen molar-refractivity contribution in [1.82, 2.24) is 4.98 Å². The predicted molar refractivity (Wildman–Crippen MR) is 72.6 cm³/mol. The van der Waals surface area contributed by atoms with E-state index in [-0.39, 0.29) is 12.1 Å². The zero-order chi connectivity index (χ0) is 12.9. The van der Waals surface area contributed by atoms with Crippen molar-refractivity contribution < 1.29 is 5.11 Å². The van der Waals surface area contributed by atoms with E-state index in [0.717, 1.165) is 24.5 Å². The quantitative estimate of drug-likeness (QED) is 0.795. The number of hydrogen-bond donors (Lipinski definition) is 2. The van der Waals surface area contributed by atoms with E-state index in [1.807, 2.05) is 33.0 Å². The number of aromatic nitrogens is 1. The Morgan fingerprint density at radius 3 is 2.76 bits per heavy atom. The molecule has 0 atom stereocenters. The van der Waals surface area contributed by atoms with Crippen molar-refractivity contribution >= 4 is 11.5 Å². The monoisotopic (exact) mass is 237 g/mol. The van der Waals surface area contributed by atoms with E-state index in [2.05, 4.69) is 22.1 Å². The fourth-order valence-corrected chi connectivity index (χ4v) is 1.43. The number of likely N-dealkylation sites (N-methyl/N-ethyl adjacent to an activating group) is 1. The third-order valence-corrected chi connectivity index (χ3v) is 2.98. The SMILES string of the molecule is CCCNc1cc(N(C)C(C)(C)CO)ccn1. The maximum absolute atomic E-state index is 9.36. The number of aliphatic hydroxyl groups is 1. The van der Waals surface area contributed by atoms with Gasteiger partial charge in [-0.25, -0.2) is 4.98 Å². The second kappa shape index (κ2) is 5.87. The smallest absolute Gasteiger partial charge is 0.127 e. The van der Waals surface area contributed by atoms with Gasteiger partial charge in [-0.15, -0.1) is 0 Å². The lowest BCUT2D eigenvalue weighted by molar-refractivity contribution is 0.216. The zero-order valence-corrected chi connectivity index (χ0v) is 11.2. The molecule has 0 aliphatic heterocycles. The first-order valence-corrected chi connectivity index (χ1v) is 6.06. The molecule has 0 aliphatic rings. The van der Waals surface area contributed by atoms with Gasteiger partial charge in [-0.3, -0.25) is 0 Å². The van der Waals surface area contributed by atoms with Gasteiger partial charge < -0.3 is 15.3 Å². The van der Waals surface area contributed by atoms with Crippen LogP contribution in [0.5, 0.6) is 0 Å². The Labute approximate surface area is 104 Å². The van der Waals surface area contributed by atoms with Crippen LogP contribution in [-0.4, -0.2) is 35.8 Å². The van der Waals surface area contributed by atoms with Crippen molar-refractivity contribution in [2.45, 2.75) is 32.7 Å². The van der Waals surface area contributed by atoms with Crippen LogP contribution in [0.1, 0.15) is 27.2 Å². The molecule has 1 aromatic heterocycles. The molecular formula is C13H23N3O. The van der Waals surface area contributed by atoms with Crippen LogP contribution in [0.3, 0.4) is 0 Å². The third kappa shape index (κ3) is 3.60. The minimum Gasteiger partial charge on any atom is -0.394 e. The van der Waals surface area contributed by atoms with E-state index < -0.39 is 0 Å². The Kier molecular flexibility index (Phi) is 4.75. The minimum atomic E-state index is -0.274. The number of nitrogens with zero attached hydrogens (tertiary/aromatic N) is 2. The number of hydrogen-bond acceptors (Lipinski definition) is 4. The van der Waals surface area contributed by atoms with Crippen LogP contribution in [0, 0.1) is 0 Å². The van der Waals surface area contributed by atoms with Crippen LogP contribution >= 0.6 is 0 Å². The van der Waals surface area contributed by atoms with E-state index in [0.29, 0.717) is 0 Å². The lowest BCUT2D eigenvalue weighted by Gasteiger charge is -2.35. The zero-order valence-electron chi connectivity index (χ0n) is 11.2. The summed E-state index contributed by atoms with van der Waals surface area (Å²) in [5, 5.41) is 12.6. The number of anilines is 2. The third-order valence-electron chi connectivity index (χ3n) is 2.98. The average Bonchev–Trinajstić information content (AvgIpc) is 2.35.